The maximum Gasteiger partial charge on any atom is 0.167 e. The van der Waals surface area contributed by atoms with Crippen molar-refractivity contribution in [2.75, 3.05) is 27.9 Å². The molecule has 3 rings (SSSR count). The predicted molar refractivity (Wildman–Crippen MR) is 131 cm³/mol. The summed E-state index contributed by atoms with van der Waals surface area (Å²) in [4.78, 5) is 0. The van der Waals surface area contributed by atoms with Crippen molar-refractivity contribution >= 4 is 15.9 Å². The van der Waals surface area contributed by atoms with Crippen molar-refractivity contribution in [1.29, 1.82) is 0 Å². The van der Waals surface area contributed by atoms with Gasteiger partial charge in [0, 0.05) is 16.6 Å². The first-order chi connectivity index (χ1) is 15.5. The van der Waals surface area contributed by atoms with E-state index < -0.39 is 0 Å². The Kier molecular flexibility index (Phi) is 8.82. The smallest absolute Gasteiger partial charge is 0.167 e. The molecular formula is C26H30BrNO4. The molecule has 0 amide bonds. The summed E-state index contributed by atoms with van der Waals surface area (Å²) in [5.74, 6) is 2.95. The summed E-state index contributed by atoms with van der Waals surface area (Å²) in [6.45, 7) is 4.00. The molecule has 0 spiro atoms. The maximum absolute atomic E-state index is 6.21. The van der Waals surface area contributed by atoms with Crippen LogP contribution >= 0.6 is 15.9 Å². The SMILES string of the molecule is COc1ccc(CCNCc2c(Br)ccc(OC)c2OCc2ccc(C)cc2)cc1OC. The summed E-state index contributed by atoms with van der Waals surface area (Å²) >= 11 is 3.67. The lowest BCUT2D eigenvalue weighted by atomic mass is 10.1. The third-order valence-electron chi connectivity index (χ3n) is 5.23. The van der Waals surface area contributed by atoms with Crippen molar-refractivity contribution in [3.8, 4) is 23.0 Å². The molecule has 0 heterocycles. The van der Waals surface area contributed by atoms with Crippen LogP contribution < -0.4 is 24.3 Å². The van der Waals surface area contributed by atoms with E-state index in [-0.39, 0.29) is 0 Å². The van der Waals surface area contributed by atoms with Gasteiger partial charge in [-0.3, -0.25) is 0 Å². The van der Waals surface area contributed by atoms with E-state index in [0.29, 0.717) is 13.2 Å². The number of hydrogen-bond donors (Lipinski definition) is 1. The van der Waals surface area contributed by atoms with Crippen molar-refractivity contribution in [3.05, 3.63) is 81.3 Å². The topological polar surface area (TPSA) is 49.0 Å². The lowest BCUT2D eigenvalue weighted by molar-refractivity contribution is 0.280. The maximum atomic E-state index is 6.21. The van der Waals surface area contributed by atoms with Crippen LogP contribution in [0.2, 0.25) is 0 Å². The summed E-state index contributed by atoms with van der Waals surface area (Å²) in [6.07, 6.45) is 0.863. The fraction of sp³-hybridized carbons (Fsp3) is 0.308. The van der Waals surface area contributed by atoms with Crippen molar-refractivity contribution in [1.82, 2.24) is 5.32 Å². The molecular weight excluding hydrogens is 470 g/mol. The largest absolute Gasteiger partial charge is 0.493 e. The van der Waals surface area contributed by atoms with Crippen molar-refractivity contribution in [3.63, 3.8) is 0 Å². The predicted octanol–water partition coefficient (Wildman–Crippen LogP) is 5.69. The molecule has 3 aromatic rings. The summed E-state index contributed by atoms with van der Waals surface area (Å²) in [5, 5.41) is 3.52. The van der Waals surface area contributed by atoms with E-state index in [1.165, 1.54) is 11.1 Å². The van der Waals surface area contributed by atoms with Crippen LogP contribution in [0.4, 0.5) is 0 Å². The van der Waals surface area contributed by atoms with E-state index in [0.717, 1.165) is 51.6 Å². The van der Waals surface area contributed by atoms with E-state index in [1.807, 2.05) is 24.3 Å². The average molecular weight is 500 g/mol. The fourth-order valence-corrected chi connectivity index (χ4v) is 3.84. The average Bonchev–Trinajstić information content (AvgIpc) is 2.82. The molecule has 0 aliphatic heterocycles. The van der Waals surface area contributed by atoms with Gasteiger partial charge in [-0.15, -0.1) is 0 Å². The van der Waals surface area contributed by atoms with Gasteiger partial charge in [0.15, 0.2) is 23.0 Å². The van der Waals surface area contributed by atoms with Gasteiger partial charge < -0.3 is 24.3 Å². The molecule has 32 heavy (non-hydrogen) atoms. The molecule has 0 bridgehead atoms. The Morgan fingerprint density at radius 2 is 1.44 bits per heavy atom. The summed E-state index contributed by atoms with van der Waals surface area (Å²) < 4.78 is 23.5. The zero-order chi connectivity index (χ0) is 22.9. The van der Waals surface area contributed by atoms with Crippen LogP contribution in [0.1, 0.15) is 22.3 Å². The number of ether oxygens (including phenoxy) is 4. The molecule has 0 aromatic heterocycles. The van der Waals surface area contributed by atoms with E-state index in [9.17, 15) is 0 Å². The molecule has 0 saturated carbocycles. The van der Waals surface area contributed by atoms with Gasteiger partial charge in [0.25, 0.3) is 0 Å². The van der Waals surface area contributed by atoms with E-state index in [4.69, 9.17) is 18.9 Å². The van der Waals surface area contributed by atoms with Crippen LogP contribution in [-0.2, 0) is 19.6 Å². The first kappa shape index (κ1) is 24.0. The summed E-state index contributed by atoms with van der Waals surface area (Å²) in [7, 11) is 4.96. The Bertz CT molecular complexity index is 1020. The Balaban J connectivity index is 1.65. The number of rotatable bonds is 11. The van der Waals surface area contributed by atoms with E-state index >= 15 is 0 Å². The summed E-state index contributed by atoms with van der Waals surface area (Å²) in [6, 6.07) is 18.3. The molecule has 1 N–H and O–H groups in total. The van der Waals surface area contributed by atoms with Crippen LogP contribution in [0.3, 0.4) is 0 Å². The molecule has 170 valence electrons. The lowest BCUT2D eigenvalue weighted by Crippen LogP contribution is -2.18. The normalized spacial score (nSPS) is 10.7. The number of aryl methyl sites for hydroxylation is 1. The molecule has 0 atom stereocenters. The minimum Gasteiger partial charge on any atom is -0.493 e. The third kappa shape index (κ3) is 6.17. The zero-order valence-corrected chi connectivity index (χ0v) is 20.6. The van der Waals surface area contributed by atoms with Crippen molar-refractivity contribution in [2.45, 2.75) is 26.5 Å². The highest BCUT2D eigenvalue weighted by molar-refractivity contribution is 9.10. The Labute approximate surface area is 198 Å². The highest BCUT2D eigenvalue weighted by atomic mass is 79.9. The van der Waals surface area contributed by atoms with Crippen LogP contribution in [-0.4, -0.2) is 27.9 Å². The highest BCUT2D eigenvalue weighted by Gasteiger charge is 2.15. The van der Waals surface area contributed by atoms with Gasteiger partial charge in [-0.2, -0.15) is 0 Å². The number of halogens is 1. The van der Waals surface area contributed by atoms with Gasteiger partial charge >= 0.3 is 0 Å². The zero-order valence-electron chi connectivity index (χ0n) is 19.0. The standard InChI is InChI=1S/C26H30BrNO4/c1-18-5-7-20(8-6-18)17-32-26-21(22(27)10-12-24(26)30-3)16-28-14-13-19-9-11-23(29-2)25(15-19)31-4/h5-12,15,28H,13-14,16-17H2,1-4H3. The first-order valence-corrected chi connectivity index (χ1v) is 11.3. The third-order valence-corrected chi connectivity index (χ3v) is 5.97. The van der Waals surface area contributed by atoms with Gasteiger partial charge in [-0.05, 0) is 55.3 Å². The Morgan fingerprint density at radius 1 is 0.781 bits per heavy atom. The number of nitrogens with one attached hydrogen (secondary N) is 1. The highest BCUT2D eigenvalue weighted by Crippen LogP contribution is 2.37. The molecule has 6 heteroatoms. The van der Waals surface area contributed by atoms with Crippen molar-refractivity contribution < 1.29 is 18.9 Å². The van der Waals surface area contributed by atoms with Crippen LogP contribution in [0.15, 0.2) is 59.1 Å². The second kappa shape index (κ2) is 11.8. The quantitative estimate of drug-likeness (QED) is 0.343. The molecule has 0 unspecified atom stereocenters. The van der Waals surface area contributed by atoms with Gasteiger partial charge in [0.1, 0.15) is 6.61 Å². The molecule has 0 aliphatic carbocycles. The van der Waals surface area contributed by atoms with Crippen LogP contribution in [0.5, 0.6) is 23.0 Å². The van der Waals surface area contributed by atoms with E-state index in [1.54, 1.807) is 21.3 Å². The Morgan fingerprint density at radius 3 is 2.12 bits per heavy atom. The second-order valence-corrected chi connectivity index (χ2v) is 8.30. The first-order valence-electron chi connectivity index (χ1n) is 10.5. The molecule has 5 nitrogen and oxygen atoms in total. The molecule has 0 aliphatic rings. The number of hydrogen-bond acceptors (Lipinski definition) is 5. The second-order valence-electron chi connectivity index (χ2n) is 7.45. The van der Waals surface area contributed by atoms with E-state index in [2.05, 4.69) is 58.5 Å². The van der Waals surface area contributed by atoms with Gasteiger partial charge in [0.2, 0.25) is 0 Å². The van der Waals surface area contributed by atoms with Gasteiger partial charge in [-0.1, -0.05) is 51.8 Å². The van der Waals surface area contributed by atoms with Gasteiger partial charge in [-0.25, -0.2) is 0 Å². The Hall–Kier alpha value is -2.70. The number of methoxy groups -OCH3 is 3. The molecule has 3 aromatic carbocycles. The van der Waals surface area contributed by atoms with Crippen LogP contribution in [0, 0.1) is 6.92 Å². The molecule has 0 saturated heterocycles. The minimum absolute atomic E-state index is 0.478. The molecule has 0 radical (unpaired) electrons. The minimum atomic E-state index is 0.478. The van der Waals surface area contributed by atoms with Crippen molar-refractivity contribution in [2.24, 2.45) is 0 Å². The van der Waals surface area contributed by atoms with Crippen LogP contribution in [0.25, 0.3) is 0 Å². The molecule has 0 fully saturated rings. The summed E-state index contributed by atoms with van der Waals surface area (Å²) in [5.41, 5.74) is 4.55. The lowest BCUT2D eigenvalue weighted by Gasteiger charge is -2.17. The number of benzene rings is 3. The fourth-order valence-electron chi connectivity index (χ4n) is 3.39. The van der Waals surface area contributed by atoms with Gasteiger partial charge in [0.05, 0.1) is 21.3 Å². The monoisotopic (exact) mass is 499 g/mol.